The lowest BCUT2D eigenvalue weighted by Crippen LogP contribution is -2.11. The van der Waals surface area contributed by atoms with Crippen molar-refractivity contribution in [3.63, 3.8) is 0 Å². The van der Waals surface area contributed by atoms with Crippen molar-refractivity contribution in [3.05, 3.63) is 63.9 Å². The molecule has 3 aromatic rings. The Bertz CT molecular complexity index is 1180. The van der Waals surface area contributed by atoms with E-state index in [1.54, 1.807) is 10.7 Å². The van der Waals surface area contributed by atoms with E-state index in [1.807, 2.05) is 6.92 Å². The SMILES string of the molecule is [2H]C([2H])([2H])c1cc(CCC(=O)Cc2nc(-c3ccc(Cl)c(F)c3)nn2CC)cc(C([2H])([2H])[2H])n1. The fraction of sp³-hybridized carbons (Fsp3) is 0.333. The number of aromatic nitrogens is 4. The number of hydrogen-bond donors (Lipinski definition) is 0. The van der Waals surface area contributed by atoms with Crippen LogP contribution >= 0.6 is 11.6 Å². The Balaban J connectivity index is 1.76. The van der Waals surface area contributed by atoms with Gasteiger partial charge in [0.1, 0.15) is 17.4 Å². The summed E-state index contributed by atoms with van der Waals surface area (Å²) in [6, 6.07) is 6.81. The molecule has 2 aromatic heterocycles. The molecule has 28 heavy (non-hydrogen) atoms. The van der Waals surface area contributed by atoms with Crippen LogP contribution < -0.4 is 0 Å². The Labute approximate surface area is 177 Å². The molecule has 0 radical (unpaired) electrons. The Morgan fingerprint density at radius 1 is 1.21 bits per heavy atom. The van der Waals surface area contributed by atoms with Crippen LogP contribution in [0.3, 0.4) is 0 Å². The third kappa shape index (κ3) is 4.81. The van der Waals surface area contributed by atoms with Crippen molar-refractivity contribution < 1.29 is 17.4 Å². The zero-order valence-corrected chi connectivity index (χ0v) is 15.9. The number of Topliss-reactive ketones (excluding diaryl/α,β-unsaturated/α-hetero) is 1. The van der Waals surface area contributed by atoms with Crippen molar-refractivity contribution >= 4 is 17.4 Å². The number of hydrogen-bond acceptors (Lipinski definition) is 4. The summed E-state index contributed by atoms with van der Waals surface area (Å²) in [6.45, 7) is -2.87. The number of carbonyl (C=O) groups excluding carboxylic acids is 1. The molecule has 1 aromatic carbocycles. The molecule has 0 fully saturated rings. The summed E-state index contributed by atoms with van der Waals surface area (Å²) in [6.07, 6.45) is 0.135. The third-order valence-electron chi connectivity index (χ3n) is 4.16. The fourth-order valence-corrected chi connectivity index (χ4v) is 2.91. The maximum Gasteiger partial charge on any atom is 0.181 e. The quantitative estimate of drug-likeness (QED) is 0.579. The highest BCUT2D eigenvalue weighted by atomic mass is 35.5. The first kappa shape index (κ1) is 13.6. The molecule has 0 saturated heterocycles. The van der Waals surface area contributed by atoms with Gasteiger partial charge in [0.25, 0.3) is 0 Å². The Kier molecular flexibility index (Phi) is 4.17. The first-order chi connectivity index (χ1) is 15.8. The van der Waals surface area contributed by atoms with Gasteiger partial charge in [0.15, 0.2) is 5.82 Å². The number of nitrogens with zero attached hydrogens (tertiary/aromatic N) is 4. The molecule has 0 saturated carbocycles. The molecule has 0 spiro atoms. The fourth-order valence-electron chi connectivity index (χ4n) is 2.80. The molecule has 3 rings (SSSR count). The van der Waals surface area contributed by atoms with Crippen LogP contribution in [0, 0.1) is 19.5 Å². The first-order valence-electron chi connectivity index (χ1n) is 11.7. The van der Waals surface area contributed by atoms with E-state index in [0.29, 0.717) is 23.5 Å². The molecule has 0 unspecified atom stereocenters. The number of aryl methyl sites for hydroxylation is 4. The van der Waals surface area contributed by atoms with Crippen molar-refractivity contribution in [1.82, 2.24) is 19.7 Å². The first-order valence-corrected chi connectivity index (χ1v) is 9.08. The molecule has 146 valence electrons. The van der Waals surface area contributed by atoms with Crippen LogP contribution in [0.1, 0.15) is 44.3 Å². The van der Waals surface area contributed by atoms with E-state index in [-0.39, 0.29) is 47.3 Å². The Hall–Kier alpha value is -2.60. The summed E-state index contributed by atoms with van der Waals surface area (Å²) in [5.41, 5.74) is 0.173. The minimum atomic E-state index is -2.57. The van der Waals surface area contributed by atoms with Crippen molar-refractivity contribution in [2.75, 3.05) is 0 Å². The van der Waals surface area contributed by atoms with Crippen LogP contribution in [-0.2, 0) is 24.2 Å². The van der Waals surface area contributed by atoms with E-state index in [1.165, 1.54) is 24.3 Å². The molecule has 0 amide bonds. The van der Waals surface area contributed by atoms with Gasteiger partial charge in [0, 0.05) is 38.1 Å². The van der Waals surface area contributed by atoms with Crippen LogP contribution in [0.4, 0.5) is 4.39 Å². The lowest BCUT2D eigenvalue weighted by molar-refractivity contribution is -0.118. The lowest BCUT2D eigenvalue weighted by Gasteiger charge is -2.05. The maximum atomic E-state index is 13.8. The van der Waals surface area contributed by atoms with E-state index >= 15 is 0 Å². The highest BCUT2D eigenvalue weighted by Crippen LogP contribution is 2.22. The van der Waals surface area contributed by atoms with E-state index < -0.39 is 19.5 Å². The second kappa shape index (κ2) is 8.61. The molecule has 0 aliphatic carbocycles. The predicted molar refractivity (Wildman–Crippen MR) is 107 cm³/mol. The zero-order chi connectivity index (χ0) is 25.3. The number of rotatable bonds is 7. The van der Waals surface area contributed by atoms with E-state index in [9.17, 15) is 9.18 Å². The van der Waals surface area contributed by atoms with Gasteiger partial charge in [0.2, 0.25) is 0 Å². The third-order valence-corrected chi connectivity index (χ3v) is 4.47. The van der Waals surface area contributed by atoms with Crippen molar-refractivity contribution in [2.24, 2.45) is 0 Å². The minimum Gasteiger partial charge on any atom is -0.299 e. The maximum absolute atomic E-state index is 13.8. The molecule has 0 N–H and O–H groups in total. The minimum absolute atomic E-state index is 0.0199. The van der Waals surface area contributed by atoms with Crippen molar-refractivity contribution in [1.29, 1.82) is 0 Å². The van der Waals surface area contributed by atoms with E-state index in [2.05, 4.69) is 15.1 Å². The zero-order valence-electron chi connectivity index (χ0n) is 21.2. The van der Waals surface area contributed by atoms with Crippen LogP contribution in [0.15, 0.2) is 30.3 Å². The van der Waals surface area contributed by atoms with Crippen molar-refractivity contribution in [2.45, 2.75) is 46.4 Å². The topological polar surface area (TPSA) is 60.7 Å². The van der Waals surface area contributed by atoms with Gasteiger partial charge in [-0.3, -0.25) is 9.78 Å². The summed E-state index contributed by atoms with van der Waals surface area (Å²) in [5.74, 6) is -0.133. The second-order valence-corrected chi connectivity index (χ2v) is 6.66. The molecule has 0 atom stereocenters. The van der Waals surface area contributed by atoms with E-state index in [4.69, 9.17) is 19.8 Å². The molecular weight excluding hydrogens is 379 g/mol. The molecule has 0 aliphatic heterocycles. The number of ketones is 1. The molecule has 7 heteroatoms. The summed E-state index contributed by atoms with van der Waals surface area (Å²) in [4.78, 5) is 20.8. The average Bonchev–Trinajstić information content (AvgIpc) is 3.15. The van der Waals surface area contributed by atoms with Gasteiger partial charge in [-0.15, -0.1) is 0 Å². The molecule has 0 bridgehead atoms. The van der Waals surface area contributed by atoms with Gasteiger partial charge < -0.3 is 0 Å². The monoisotopic (exact) mass is 406 g/mol. The van der Waals surface area contributed by atoms with E-state index in [0.717, 1.165) is 0 Å². The molecular formula is C21H22ClFN4O. The normalized spacial score (nSPS) is 15.1. The smallest absolute Gasteiger partial charge is 0.181 e. The highest BCUT2D eigenvalue weighted by molar-refractivity contribution is 6.30. The summed E-state index contributed by atoms with van der Waals surface area (Å²) in [5, 5.41) is 4.31. The number of pyridine rings is 1. The highest BCUT2D eigenvalue weighted by Gasteiger charge is 2.15. The van der Waals surface area contributed by atoms with Gasteiger partial charge in [-0.25, -0.2) is 14.1 Å². The van der Waals surface area contributed by atoms with Crippen LogP contribution in [0.25, 0.3) is 11.4 Å². The summed E-state index contributed by atoms with van der Waals surface area (Å²) >= 11 is 5.72. The van der Waals surface area contributed by atoms with Crippen LogP contribution in [0.2, 0.25) is 5.02 Å². The predicted octanol–water partition coefficient (Wildman–Crippen LogP) is 4.51. The van der Waals surface area contributed by atoms with Gasteiger partial charge in [-0.2, -0.15) is 5.10 Å². The van der Waals surface area contributed by atoms with Crippen LogP contribution in [0.5, 0.6) is 0 Å². The molecule has 0 aliphatic rings. The standard InChI is InChI=1S/C21H22ClFN4O/c1-4-27-20(25-21(26-27)16-6-8-18(22)19(23)11-16)12-17(28)7-5-15-9-13(2)24-14(3)10-15/h6,8-11H,4-5,7,12H2,1-3H3/i2D3,3D3. The Morgan fingerprint density at radius 2 is 1.96 bits per heavy atom. The van der Waals surface area contributed by atoms with Gasteiger partial charge in [-0.05, 0) is 62.9 Å². The van der Waals surface area contributed by atoms with Gasteiger partial charge in [-0.1, -0.05) is 11.6 Å². The van der Waals surface area contributed by atoms with Gasteiger partial charge >= 0.3 is 0 Å². The van der Waals surface area contributed by atoms with Crippen LogP contribution in [-0.4, -0.2) is 25.5 Å². The number of benzene rings is 1. The Morgan fingerprint density at radius 3 is 2.61 bits per heavy atom. The second-order valence-electron chi connectivity index (χ2n) is 6.26. The van der Waals surface area contributed by atoms with Gasteiger partial charge in [0.05, 0.1) is 11.4 Å². The molecule has 2 heterocycles. The lowest BCUT2D eigenvalue weighted by atomic mass is 10.1. The summed E-state index contributed by atoms with van der Waals surface area (Å²) in [7, 11) is 0. The summed E-state index contributed by atoms with van der Waals surface area (Å²) < 4.78 is 60.7. The number of halogens is 2. The number of carbonyl (C=O) groups is 1. The largest absolute Gasteiger partial charge is 0.299 e. The average molecular weight is 407 g/mol. The van der Waals surface area contributed by atoms with Crippen molar-refractivity contribution in [3.8, 4) is 11.4 Å². The molecule has 5 nitrogen and oxygen atoms in total.